The van der Waals surface area contributed by atoms with Gasteiger partial charge in [0.1, 0.15) is 18.2 Å². The van der Waals surface area contributed by atoms with Crippen molar-refractivity contribution in [3.8, 4) is 0 Å². The highest BCUT2D eigenvalue weighted by Crippen LogP contribution is 2.24. The van der Waals surface area contributed by atoms with Crippen LogP contribution in [-0.2, 0) is 20.8 Å². The second-order valence-corrected chi connectivity index (χ2v) is 7.67. The summed E-state index contributed by atoms with van der Waals surface area (Å²) in [6, 6.07) is 5.39. The second kappa shape index (κ2) is 10.2. The minimum absolute atomic E-state index is 0.0934. The third-order valence-electron chi connectivity index (χ3n) is 4.71. The summed E-state index contributed by atoms with van der Waals surface area (Å²) >= 11 is 6.21. The normalized spacial score (nSPS) is 17.7. The number of carbonyl (C=O) groups is 1. The summed E-state index contributed by atoms with van der Waals surface area (Å²) in [5, 5.41) is 23.6. The molecule has 1 aliphatic carbocycles. The van der Waals surface area contributed by atoms with E-state index >= 15 is 0 Å². The number of rotatable bonds is 8. The number of likely N-dealkylation sites (N-methyl/N-ethyl adjacent to an activating group) is 1. The summed E-state index contributed by atoms with van der Waals surface area (Å²) < 4.78 is 10.8. The summed E-state index contributed by atoms with van der Waals surface area (Å²) in [5.74, 6) is 0.0964. The Morgan fingerprint density at radius 1 is 1.29 bits per heavy atom. The quantitative estimate of drug-likeness (QED) is 0.383. The third kappa shape index (κ3) is 5.99. The molecule has 1 aromatic heterocycles. The molecule has 1 aliphatic rings. The minimum atomic E-state index is -1.43. The molecular formula is C21H25ClN4O5. The number of carbonyl (C=O) groups excluding carboxylic acids is 1. The number of halogens is 1. The molecule has 1 aromatic carbocycles. The standard InChI is InChI=1S/C21H25ClN4O5/c1-12(27)31-19-7-15-17(8-18(19)30-3)23-11-24-21(15)25-16-6-14(22)5-4-13(16)9-26(2)10-20(28)29/h4-8,11,18-20,28-29H,9-10H2,1-3H3,(H,23,24,25). The van der Waals surface area contributed by atoms with Gasteiger partial charge in [-0.1, -0.05) is 17.7 Å². The Morgan fingerprint density at radius 3 is 2.74 bits per heavy atom. The topological polar surface area (TPSA) is 117 Å². The average molecular weight is 449 g/mol. The van der Waals surface area contributed by atoms with Gasteiger partial charge in [0.25, 0.3) is 0 Å². The molecule has 2 aromatic rings. The van der Waals surface area contributed by atoms with Gasteiger partial charge in [0, 0.05) is 43.1 Å². The molecule has 2 unspecified atom stereocenters. The second-order valence-electron chi connectivity index (χ2n) is 7.23. The van der Waals surface area contributed by atoms with Crippen molar-refractivity contribution in [1.82, 2.24) is 14.9 Å². The van der Waals surface area contributed by atoms with Crippen molar-refractivity contribution in [1.29, 1.82) is 0 Å². The zero-order valence-corrected chi connectivity index (χ0v) is 18.2. The van der Waals surface area contributed by atoms with Crippen LogP contribution in [0.2, 0.25) is 5.02 Å². The van der Waals surface area contributed by atoms with E-state index in [0.717, 1.165) is 5.56 Å². The van der Waals surface area contributed by atoms with E-state index in [1.54, 1.807) is 36.2 Å². The molecule has 0 fully saturated rings. The van der Waals surface area contributed by atoms with Gasteiger partial charge >= 0.3 is 5.97 Å². The van der Waals surface area contributed by atoms with Gasteiger partial charge in [-0.3, -0.25) is 9.69 Å². The Balaban J connectivity index is 1.98. The fourth-order valence-corrected chi connectivity index (χ4v) is 3.55. The number of benzene rings is 1. The minimum Gasteiger partial charge on any atom is -0.455 e. The van der Waals surface area contributed by atoms with Crippen molar-refractivity contribution in [2.45, 2.75) is 32.0 Å². The van der Waals surface area contributed by atoms with Crippen molar-refractivity contribution in [3.63, 3.8) is 0 Å². The van der Waals surface area contributed by atoms with E-state index in [1.165, 1.54) is 20.4 Å². The van der Waals surface area contributed by atoms with E-state index < -0.39 is 24.5 Å². The van der Waals surface area contributed by atoms with Crippen LogP contribution in [0.5, 0.6) is 0 Å². The van der Waals surface area contributed by atoms with Gasteiger partial charge in [0.2, 0.25) is 0 Å². The SMILES string of the molecule is COC1C=c2ncnc(Nc3cc(Cl)ccc3CN(C)CC(O)O)c2=CC1OC(C)=O. The van der Waals surface area contributed by atoms with Crippen molar-refractivity contribution in [3.05, 3.63) is 45.7 Å². The van der Waals surface area contributed by atoms with Crippen molar-refractivity contribution >= 4 is 41.2 Å². The molecule has 0 aliphatic heterocycles. The predicted molar refractivity (Wildman–Crippen MR) is 116 cm³/mol. The van der Waals surface area contributed by atoms with E-state index in [1.807, 2.05) is 6.07 Å². The average Bonchev–Trinajstić information content (AvgIpc) is 2.69. The van der Waals surface area contributed by atoms with Crippen LogP contribution in [0.1, 0.15) is 12.5 Å². The smallest absolute Gasteiger partial charge is 0.303 e. The van der Waals surface area contributed by atoms with Crippen LogP contribution in [0.15, 0.2) is 24.5 Å². The first-order valence-corrected chi connectivity index (χ1v) is 9.99. The Labute approximate surface area is 184 Å². The number of aliphatic hydroxyl groups is 2. The van der Waals surface area contributed by atoms with E-state index in [-0.39, 0.29) is 6.54 Å². The predicted octanol–water partition coefficient (Wildman–Crippen LogP) is 0.137. The Bertz CT molecular complexity index is 1060. The summed E-state index contributed by atoms with van der Waals surface area (Å²) in [5.41, 5.74) is 1.59. The van der Waals surface area contributed by atoms with Crippen molar-refractivity contribution in [2.24, 2.45) is 0 Å². The molecule has 0 saturated heterocycles. The fourth-order valence-electron chi connectivity index (χ4n) is 3.37. The van der Waals surface area contributed by atoms with Crippen LogP contribution >= 0.6 is 11.6 Å². The molecule has 9 nitrogen and oxygen atoms in total. The number of aliphatic hydroxyl groups excluding tert-OH is 1. The lowest BCUT2D eigenvalue weighted by atomic mass is 10.1. The van der Waals surface area contributed by atoms with E-state index in [0.29, 0.717) is 33.6 Å². The fraction of sp³-hybridized carbons (Fsp3) is 0.381. The maximum Gasteiger partial charge on any atom is 0.303 e. The molecule has 0 saturated carbocycles. The molecule has 1 heterocycles. The van der Waals surface area contributed by atoms with Crippen LogP contribution in [0.25, 0.3) is 12.2 Å². The van der Waals surface area contributed by atoms with Crippen LogP contribution in [-0.4, -0.2) is 70.3 Å². The Kier molecular flexibility index (Phi) is 7.58. The van der Waals surface area contributed by atoms with Gasteiger partial charge in [0.15, 0.2) is 12.4 Å². The van der Waals surface area contributed by atoms with Gasteiger partial charge in [-0.25, -0.2) is 9.97 Å². The highest BCUT2D eigenvalue weighted by atomic mass is 35.5. The first-order valence-electron chi connectivity index (χ1n) is 9.61. The number of esters is 1. The molecule has 10 heteroatoms. The maximum absolute atomic E-state index is 11.5. The van der Waals surface area contributed by atoms with E-state index in [4.69, 9.17) is 21.1 Å². The molecule has 31 heavy (non-hydrogen) atoms. The number of aromatic nitrogens is 2. The van der Waals surface area contributed by atoms with Gasteiger partial charge in [-0.05, 0) is 36.9 Å². The lowest BCUT2D eigenvalue weighted by molar-refractivity contribution is -0.146. The molecule has 2 atom stereocenters. The van der Waals surface area contributed by atoms with Gasteiger partial charge in [-0.2, -0.15) is 0 Å². The zero-order valence-electron chi connectivity index (χ0n) is 17.4. The zero-order chi connectivity index (χ0) is 22.5. The van der Waals surface area contributed by atoms with E-state index in [2.05, 4.69) is 15.3 Å². The molecule has 0 spiro atoms. The first-order chi connectivity index (χ1) is 14.8. The number of anilines is 2. The molecule has 0 bridgehead atoms. The Hall–Kier alpha value is -2.56. The summed E-state index contributed by atoms with van der Waals surface area (Å²) in [6.45, 7) is 1.88. The molecular weight excluding hydrogens is 424 g/mol. The molecule has 3 rings (SSSR count). The summed E-state index contributed by atoms with van der Waals surface area (Å²) in [7, 11) is 3.32. The number of nitrogens with zero attached hydrogens (tertiary/aromatic N) is 3. The number of fused-ring (bicyclic) bond motifs is 1. The number of hydrogen-bond donors (Lipinski definition) is 3. The van der Waals surface area contributed by atoms with Crippen LogP contribution in [0.4, 0.5) is 11.5 Å². The van der Waals surface area contributed by atoms with Crippen molar-refractivity contribution < 1.29 is 24.5 Å². The monoisotopic (exact) mass is 448 g/mol. The van der Waals surface area contributed by atoms with E-state index in [9.17, 15) is 15.0 Å². The lowest BCUT2D eigenvalue weighted by Gasteiger charge is -2.23. The first kappa shape index (κ1) is 23.1. The molecule has 166 valence electrons. The number of methoxy groups -OCH3 is 1. The summed E-state index contributed by atoms with van der Waals surface area (Å²) in [6.07, 6.45) is 2.47. The van der Waals surface area contributed by atoms with Crippen LogP contribution < -0.4 is 15.9 Å². The number of hydrogen-bond acceptors (Lipinski definition) is 9. The van der Waals surface area contributed by atoms with Gasteiger partial charge in [-0.15, -0.1) is 0 Å². The highest BCUT2D eigenvalue weighted by Gasteiger charge is 2.24. The van der Waals surface area contributed by atoms with Crippen LogP contribution in [0, 0.1) is 0 Å². The molecule has 0 radical (unpaired) electrons. The highest BCUT2D eigenvalue weighted by molar-refractivity contribution is 6.30. The van der Waals surface area contributed by atoms with Crippen LogP contribution in [0.3, 0.4) is 0 Å². The van der Waals surface area contributed by atoms with Gasteiger partial charge < -0.3 is 25.0 Å². The van der Waals surface area contributed by atoms with Crippen molar-refractivity contribution in [2.75, 3.05) is 26.0 Å². The lowest BCUT2D eigenvalue weighted by Crippen LogP contribution is -2.43. The van der Waals surface area contributed by atoms with Gasteiger partial charge in [0.05, 0.1) is 5.35 Å². The number of nitrogens with one attached hydrogen (secondary N) is 1. The molecule has 3 N–H and O–H groups in total. The molecule has 0 amide bonds. The summed E-state index contributed by atoms with van der Waals surface area (Å²) in [4.78, 5) is 21.9. The largest absolute Gasteiger partial charge is 0.455 e. The number of ether oxygens (including phenoxy) is 2. The Morgan fingerprint density at radius 2 is 2.06 bits per heavy atom. The third-order valence-corrected chi connectivity index (χ3v) is 4.94. The maximum atomic E-state index is 11.5.